The van der Waals surface area contributed by atoms with Gasteiger partial charge in [0.1, 0.15) is 0 Å². The smallest absolute Gasteiger partial charge is 0.0991 e. The Labute approximate surface area is 148 Å². The van der Waals surface area contributed by atoms with Crippen LogP contribution in [0.5, 0.6) is 0 Å². The van der Waals surface area contributed by atoms with E-state index in [4.69, 9.17) is 10.00 Å². The van der Waals surface area contributed by atoms with Crippen molar-refractivity contribution in [3.63, 3.8) is 0 Å². The van der Waals surface area contributed by atoms with Crippen LogP contribution in [0, 0.1) is 17.2 Å². The number of hydrogen-bond acceptors (Lipinski definition) is 4. The fourth-order valence-corrected chi connectivity index (χ4v) is 2.97. The maximum Gasteiger partial charge on any atom is 0.0991 e. The number of rotatable bonds is 5. The molecule has 1 saturated heterocycles. The second-order valence-corrected chi connectivity index (χ2v) is 5.61. The summed E-state index contributed by atoms with van der Waals surface area (Å²) in [5, 5.41) is 19.3. The molecule has 1 heterocycles. The van der Waals surface area contributed by atoms with Crippen LogP contribution in [-0.4, -0.2) is 42.9 Å². The van der Waals surface area contributed by atoms with Crippen molar-refractivity contribution < 1.29 is 9.84 Å². The fraction of sp³-hybridized carbons (Fsp3) is 0.650. The minimum atomic E-state index is -0.549. The minimum Gasteiger partial charge on any atom is -0.387 e. The molecule has 0 spiro atoms. The van der Waals surface area contributed by atoms with Crippen LogP contribution in [0.2, 0.25) is 0 Å². The van der Waals surface area contributed by atoms with Crippen LogP contribution in [0.4, 0.5) is 0 Å². The molecule has 1 fully saturated rings. The van der Waals surface area contributed by atoms with Crippen LogP contribution in [0.3, 0.4) is 0 Å². The van der Waals surface area contributed by atoms with Gasteiger partial charge in [-0.2, -0.15) is 5.26 Å². The largest absolute Gasteiger partial charge is 0.387 e. The van der Waals surface area contributed by atoms with E-state index in [-0.39, 0.29) is 0 Å². The lowest BCUT2D eigenvalue weighted by Gasteiger charge is -2.24. The average Bonchev–Trinajstić information content (AvgIpc) is 2.98. The third kappa shape index (κ3) is 7.00. The zero-order chi connectivity index (χ0) is 18.5. The quantitative estimate of drug-likeness (QED) is 0.884. The van der Waals surface area contributed by atoms with Crippen LogP contribution in [-0.2, 0) is 4.74 Å². The zero-order valence-electron chi connectivity index (χ0n) is 16.1. The van der Waals surface area contributed by atoms with E-state index in [1.807, 2.05) is 39.8 Å². The van der Waals surface area contributed by atoms with Gasteiger partial charge in [0.05, 0.1) is 24.3 Å². The number of likely N-dealkylation sites (tertiary alicyclic amines) is 1. The Balaban J connectivity index is 0.00000123. The molecule has 24 heavy (non-hydrogen) atoms. The SMILES string of the molecule is CC.CC.COCC1CC(C)N(CC(O)c2cccc(C#N)c2)C1. The molecule has 0 amide bonds. The van der Waals surface area contributed by atoms with Crippen LogP contribution in [0.15, 0.2) is 24.3 Å². The Bertz CT molecular complexity index is 485. The van der Waals surface area contributed by atoms with Crippen LogP contribution in [0.25, 0.3) is 0 Å². The van der Waals surface area contributed by atoms with E-state index in [1.165, 1.54) is 0 Å². The highest BCUT2D eigenvalue weighted by Gasteiger charge is 2.30. The van der Waals surface area contributed by atoms with E-state index in [1.54, 1.807) is 19.2 Å². The fourth-order valence-electron chi connectivity index (χ4n) is 2.97. The van der Waals surface area contributed by atoms with E-state index in [0.29, 0.717) is 24.1 Å². The first-order valence-electron chi connectivity index (χ1n) is 9.05. The van der Waals surface area contributed by atoms with Gasteiger partial charge in [0.25, 0.3) is 0 Å². The predicted molar refractivity (Wildman–Crippen MR) is 99.8 cm³/mol. The van der Waals surface area contributed by atoms with Gasteiger partial charge in [0.15, 0.2) is 0 Å². The van der Waals surface area contributed by atoms with Crippen molar-refractivity contribution in [1.82, 2.24) is 4.90 Å². The maximum absolute atomic E-state index is 10.4. The molecule has 2 rings (SSSR count). The third-order valence-corrected chi connectivity index (χ3v) is 4.00. The van der Waals surface area contributed by atoms with Crippen molar-refractivity contribution in [3.05, 3.63) is 35.4 Å². The Morgan fingerprint density at radius 2 is 2.00 bits per heavy atom. The number of aliphatic hydroxyl groups excluding tert-OH is 1. The molecule has 4 heteroatoms. The number of aliphatic hydroxyl groups is 1. The average molecular weight is 335 g/mol. The molecule has 0 aliphatic carbocycles. The number of ether oxygens (including phenoxy) is 1. The highest BCUT2D eigenvalue weighted by molar-refractivity contribution is 5.33. The molecular formula is C20H34N2O2. The summed E-state index contributed by atoms with van der Waals surface area (Å²) in [6.45, 7) is 12.5. The van der Waals surface area contributed by atoms with Crippen molar-refractivity contribution in [2.75, 3.05) is 26.8 Å². The molecule has 3 unspecified atom stereocenters. The molecule has 1 aliphatic rings. The van der Waals surface area contributed by atoms with Gasteiger partial charge in [-0.3, -0.25) is 4.90 Å². The highest BCUT2D eigenvalue weighted by atomic mass is 16.5. The summed E-state index contributed by atoms with van der Waals surface area (Å²) in [6, 6.07) is 9.78. The molecule has 0 bridgehead atoms. The van der Waals surface area contributed by atoms with Gasteiger partial charge >= 0.3 is 0 Å². The maximum atomic E-state index is 10.4. The Morgan fingerprint density at radius 3 is 2.58 bits per heavy atom. The van der Waals surface area contributed by atoms with Crippen molar-refractivity contribution in [2.45, 2.75) is 53.2 Å². The van der Waals surface area contributed by atoms with E-state index < -0.39 is 6.10 Å². The van der Waals surface area contributed by atoms with Gasteiger partial charge in [0.2, 0.25) is 0 Å². The standard InChI is InChI=1S/C16H22N2O2.2C2H6/c1-12-6-14(11-20-2)9-18(12)10-16(19)15-5-3-4-13(7-15)8-17;2*1-2/h3-5,7,12,14,16,19H,6,9-11H2,1-2H3;2*1-2H3. The molecule has 1 aromatic carbocycles. The summed E-state index contributed by atoms with van der Waals surface area (Å²) in [5.74, 6) is 0.549. The molecular weight excluding hydrogens is 300 g/mol. The molecule has 4 nitrogen and oxygen atoms in total. The van der Waals surface area contributed by atoms with Gasteiger partial charge in [-0.15, -0.1) is 0 Å². The van der Waals surface area contributed by atoms with Gasteiger partial charge < -0.3 is 9.84 Å². The van der Waals surface area contributed by atoms with Crippen LogP contribution in [0.1, 0.15) is 58.3 Å². The first-order chi connectivity index (χ1) is 11.6. The Morgan fingerprint density at radius 1 is 1.33 bits per heavy atom. The molecule has 1 aliphatic heterocycles. The van der Waals surface area contributed by atoms with E-state index in [2.05, 4.69) is 17.9 Å². The van der Waals surface area contributed by atoms with Gasteiger partial charge in [-0.05, 0) is 37.0 Å². The Kier molecular flexibility index (Phi) is 12.2. The molecule has 0 saturated carbocycles. The number of nitriles is 1. The highest BCUT2D eigenvalue weighted by Crippen LogP contribution is 2.26. The van der Waals surface area contributed by atoms with E-state index >= 15 is 0 Å². The lowest BCUT2D eigenvalue weighted by molar-refractivity contribution is 0.103. The lowest BCUT2D eigenvalue weighted by Crippen LogP contribution is -2.32. The molecule has 0 aromatic heterocycles. The normalized spacial score (nSPS) is 20.9. The van der Waals surface area contributed by atoms with Gasteiger partial charge in [-0.25, -0.2) is 0 Å². The number of methoxy groups -OCH3 is 1. The first-order valence-corrected chi connectivity index (χ1v) is 9.05. The summed E-state index contributed by atoms with van der Waals surface area (Å²) in [7, 11) is 1.73. The van der Waals surface area contributed by atoms with Crippen molar-refractivity contribution in [3.8, 4) is 6.07 Å². The third-order valence-electron chi connectivity index (χ3n) is 4.00. The summed E-state index contributed by atoms with van der Waals surface area (Å²) >= 11 is 0. The van der Waals surface area contributed by atoms with Crippen molar-refractivity contribution >= 4 is 0 Å². The summed E-state index contributed by atoms with van der Waals surface area (Å²) in [4.78, 5) is 2.30. The van der Waals surface area contributed by atoms with Crippen LogP contribution < -0.4 is 0 Å². The zero-order valence-corrected chi connectivity index (χ0v) is 16.1. The van der Waals surface area contributed by atoms with Crippen molar-refractivity contribution in [1.29, 1.82) is 5.26 Å². The second kappa shape index (κ2) is 12.9. The van der Waals surface area contributed by atoms with Crippen molar-refractivity contribution in [2.24, 2.45) is 5.92 Å². The molecule has 1 aromatic rings. The first kappa shape index (κ1) is 22.6. The molecule has 136 valence electrons. The second-order valence-electron chi connectivity index (χ2n) is 5.61. The van der Waals surface area contributed by atoms with Gasteiger partial charge in [0, 0.05) is 26.2 Å². The summed E-state index contributed by atoms with van der Waals surface area (Å²) in [6.07, 6.45) is 0.561. The number of β-amino-alcohol motifs (C(OH)–C–C–N with tert-alkyl or cyclic N) is 1. The topological polar surface area (TPSA) is 56.5 Å². The Hall–Kier alpha value is -1.41. The number of nitrogens with zero attached hydrogens (tertiary/aromatic N) is 2. The van der Waals surface area contributed by atoms with Crippen LogP contribution >= 0.6 is 0 Å². The van der Waals surface area contributed by atoms with E-state index in [9.17, 15) is 5.11 Å². The molecule has 0 radical (unpaired) electrons. The van der Waals surface area contributed by atoms with Gasteiger partial charge in [-0.1, -0.05) is 39.8 Å². The lowest BCUT2D eigenvalue weighted by atomic mass is 10.1. The molecule has 1 N–H and O–H groups in total. The summed E-state index contributed by atoms with van der Waals surface area (Å²) in [5.41, 5.74) is 1.40. The number of benzene rings is 1. The minimum absolute atomic E-state index is 0.462. The predicted octanol–water partition coefficient (Wildman–Crippen LogP) is 4.00. The molecule has 3 atom stereocenters. The monoisotopic (exact) mass is 334 g/mol. The summed E-state index contributed by atoms with van der Waals surface area (Å²) < 4.78 is 5.22. The van der Waals surface area contributed by atoms with E-state index in [0.717, 1.165) is 25.1 Å². The number of hydrogen-bond donors (Lipinski definition) is 1.